The van der Waals surface area contributed by atoms with E-state index in [2.05, 4.69) is 16.9 Å². The minimum atomic E-state index is -0.353. The van der Waals surface area contributed by atoms with E-state index >= 15 is 0 Å². The normalized spacial score (nSPS) is 15.3. The summed E-state index contributed by atoms with van der Waals surface area (Å²) in [5.74, 6) is 0.699. The molecule has 1 atom stereocenters. The Labute approximate surface area is 189 Å². The van der Waals surface area contributed by atoms with Crippen LogP contribution in [-0.2, 0) is 6.42 Å². The Bertz CT molecular complexity index is 1300. The summed E-state index contributed by atoms with van der Waals surface area (Å²) >= 11 is 6.53. The molecule has 0 saturated heterocycles. The first-order chi connectivity index (χ1) is 15.4. The quantitative estimate of drug-likeness (QED) is 0.371. The Balaban J connectivity index is 1.47. The first-order valence-corrected chi connectivity index (χ1v) is 10.7. The van der Waals surface area contributed by atoms with Crippen molar-refractivity contribution in [1.82, 2.24) is 19.5 Å². The van der Waals surface area contributed by atoms with E-state index in [1.54, 1.807) is 35.3 Å². The van der Waals surface area contributed by atoms with Gasteiger partial charge in [0.25, 0.3) is 0 Å². The van der Waals surface area contributed by atoms with Crippen molar-refractivity contribution in [3.8, 4) is 5.69 Å². The van der Waals surface area contributed by atoms with E-state index in [9.17, 15) is 8.78 Å². The lowest BCUT2D eigenvalue weighted by Gasteiger charge is -2.19. The predicted octanol–water partition coefficient (Wildman–Crippen LogP) is 5.75. The first kappa shape index (κ1) is 20.6. The third-order valence-electron chi connectivity index (χ3n) is 5.63. The molecule has 2 aromatic heterocycles. The van der Waals surface area contributed by atoms with Crippen LogP contribution in [-0.4, -0.2) is 26.1 Å². The van der Waals surface area contributed by atoms with Crippen LogP contribution < -0.4 is 4.90 Å². The van der Waals surface area contributed by atoms with Gasteiger partial charge >= 0.3 is 0 Å². The Kier molecular flexibility index (Phi) is 5.13. The van der Waals surface area contributed by atoms with Crippen LogP contribution in [0.3, 0.4) is 0 Å². The Morgan fingerprint density at radius 1 is 1.09 bits per heavy atom. The van der Waals surface area contributed by atoms with Gasteiger partial charge in [0.2, 0.25) is 0 Å². The Morgan fingerprint density at radius 2 is 1.88 bits per heavy atom. The summed E-state index contributed by atoms with van der Waals surface area (Å²) in [5, 5.41) is 0.396. The number of imidazole rings is 1. The van der Waals surface area contributed by atoms with Crippen LogP contribution in [0.4, 0.5) is 20.3 Å². The number of hydrogen-bond acceptors (Lipinski definition) is 4. The summed E-state index contributed by atoms with van der Waals surface area (Å²) in [4.78, 5) is 15.4. The largest absolute Gasteiger partial charge is 0.325 e. The van der Waals surface area contributed by atoms with Gasteiger partial charge in [0.05, 0.1) is 17.7 Å². The molecule has 32 heavy (non-hydrogen) atoms. The smallest absolute Gasteiger partial charge is 0.147 e. The molecule has 8 heteroatoms. The zero-order chi connectivity index (χ0) is 22.4. The summed E-state index contributed by atoms with van der Waals surface area (Å²) in [6, 6.07) is 11.3. The highest BCUT2D eigenvalue weighted by molar-refractivity contribution is 6.30. The first-order valence-electron chi connectivity index (χ1n) is 10.3. The molecule has 1 aliphatic rings. The van der Waals surface area contributed by atoms with Gasteiger partial charge in [-0.2, -0.15) is 0 Å². The van der Waals surface area contributed by atoms with Crippen LogP contribution in [0.1, 0.15) is 35.5 Å². The van der Waals surface area contributed by atoms with Gasteiger partial charge in [-0.05, 0) is 48.9 Å². The molecule has 0 amide bonds. The Hall–Kier alpha value is -3.32. The van der Waals surface area contributed by atoms with Crippen molar-refractivity contribution >= 4 is 23.1 Å². The maximum Gasteiger partial charge on any atom is 0.147 e. The van der Waals surface area contributed by atoms with Crippen molar-refractivity contribution in [1.29, 1.82) is 0 Å². The molecule has 0 spiro atoms. The van der Waals surface area contributed by atoms with Crippen molar-refractivity contribution in [2.24, 2.45) is 0 Å². The number of aromatic nitrogens is 4. The molecule has 162 valence electrons. The molecule has 0 aliphatic carbocycles. The zero-order valence-electron chi connectivity index (χ0n) is 17.6. The van der Waals surface area contributed by atoms with Crippen molar-refractivity contribution in [3.63, 3.8) is 0 Å². The summed E-state index contributed by atoms with van der Waals surface area (Å²) in [6.07, 6.45) is 3.69. The molecular formula is C24H20ClF2N5. The van der Waals surface area contributed by atoms with Crippen molar-refractivity contribution < 1.29 is 8.78 Å². The zero-order valence-corrected chi connectivity index (χ0v) is 18.3. The van der Waals surface area contributed by atoms with E-state index in [4.69, 9.17) is 16.6 Å². The lowest BCUT2D eigenvalue weighted by Crippen LogP contribution is -2.16. The minimum absolute atomic E-state index is 0.131. The minimum Gasteiger partial charge on any atom is -0.325 e. The van der Waals surface area contributed by atoms with Crippen LogP contribution >= 0.6 is 11.6 Å². The van der Waals surface area contributed by atoms with E-state index < -0.39 is 0 Å². The molecule has 4 aromatic rings. The van der Waals surface area contributed by atoms with E-state index in [1.165, 1.54) is 18.2 Å². The lowest BCUT2D eigenvalue weighted by molar-refractivity contribution is 0.616. The second-order valence-corrected chi connectivity index (χ2v) is 8.40. The number of hydrogen-bond donors (Lipinski definition) is 0. The van der Waals surface area contributed by atoms with Gasteiger partial charge in [0.1, 0.15) is 28.4 Å². The molecule has 0 radical (unpaired) electrons. The SMILES string of the molecule is Cc1cn(-c2ccc(Cc3nc(Cl)c4c(n3)N(c3ccc(F)cc3)C[C@H]4C)cc2F)cn1. The van der Waals surface area contributed by atoms with Crippen molar-refractivity contribution in [2.75, 3.05) is 11.4 Å². The van der Waals surface area contributed by atoms with E-state index in [-0.39, 0.29) is 17.6 Å². The second kappa shape index (κ2) is 7.98. The molecule has 0 saturated carbocycles. The molecule has 0 unspecified atom stereocenters. The third-order valence-corrected chi connectivity index (χ3v) is 5.92. The molecule has 5 rings (SSSR count). The van der Waals surface area contributed by atoms with Crippen LogP contribution in [0.15, 0.2) is 55.0 Å². The van der Waals surface area contributed by atoms with Gasteiger partial charge in [-0.1, -0.05) is 24.6 Å². The molecule has 0 bridgehead atoms. The van der Waals surface area contributed by atoms with Crippen LogP contribution in [0.2, 0.25) is 5.15 Å². The highest BCUT2D eigenvalue weighted by Crippen LogP contribution is 2.42. The molecular weight excluding hydrogens is 432 g/mol. The van der Waals surface area contributed by atoms with Crippen LogP contribution in [0, 0.1) is 18.6 Å². The van der Waals surface area contributed by atoms with Gasteiger partial charge in [-0.15, -0.1) is 0 Å². The van der Waals surface area contributed by atoms with Crippen molar-refractivity contribution in [2.45, 2.75) is 26.2 Å². The maximum atomic E-state index is 14.8. The standard InChI is InChI=1S/C24H20ClF2N5/c1-14-11-32(18-6-4-17(26)5-7-18)24-22(14)23(25)29-21(30-24)10-16-3-8-20(19(27)9-16)31-12-15(2)28-13-31/h3-9,12-14H,10-11H2,1-2H3/t14-/m1/s1. The second-order valence-electron chi connectivity index (χ2n) is 8.04. The van der Waals surface area contributed by atoms with Gasteiger partial charge in [0.15, 0.2) is 0 Å². The molecule has 0 N–H and O–H groups in total. The number of halogens is 3. The molecule has 3 heterocycles. The summed E-state index contributed by atoms with van der Waals surface area (Å²) in [6.45, 7) is 4.59. The average Bonchev–Trinajstić information content (AvgIpc) is 3.32. The molecule has 2 aromatic carbocycles. The monoisotopic (exact) mass is 451 g/mol. The third kappa shape index (κ3) is 3.73. The van der Waals surface area contributed by atoms with Gasteiger partial charge < -0.3 is 9.47 Å². The molecule has 5 nitrogen and oxygen atoms in total. The van der Waals surface area contributed by atoms with Crippen molar-refractivity contribution in [3.05, 3.63) is 94.4 Å². The summed E-state index contributed by atoms with van der Waals surface area (Å²) in [5.41, 5.74) is 3.69. The van der Waals surface area contributed by atoms with Gasteiger partial charge in [0, 0.05) is 36.3 Å². The molecule has 0 fully saturated rings. The number of rotatable bonds is 4. The fourth-order valence-electron chi connectivity index (χ4n) is 4.09. The number of nitrogens with zero attached hydrogens (tertiary/aromatic N) is 5. The topological polar surface area (TPSA) is 46.8 Å². The van der Waals surface area contributed by atoms with E-state index in [0.717, 1.165) is 22.5 Å². The van der Waals surface area contributed by atoms with Gasteiger partial charge in [-0.25, -0.2) is 23.7 Å². The summed E-state index contributed by atoms with van der Waals surface area (Å²) < 4.78 is 29.8. The van der Waals surface area contributed by atoms with E-state index in [0.29, 0.717) is 35.4 Å². The number of anilines is 2. The highest BCUT2D eigenvalue weighted by Gasteiger charge is 2.32. The Morgan fingerprint density at radius 3 is 2.56 bits per heavy atom. The number of aryl methyl sites for hydroxylation is 1. The highest BCUT2D eigenvalue weighted by atomic mass is 35.5. The summed E-state index contributed by atoms with van der Waals surface area (Å²) in [7, 11) is 0. The maximum absolute atomic E-state index is 14.8. The fraction of sp³-hybridized carbons (Fsp3) is 0.208. The number of benzene rings is 2. The van der Waals surface area contributed by atoms with Crippen LogP contribution in [0.25, 0.3) is 5.69 Å². The lowest BCUT2D eigenvalue weighted by atomic mass is 10.1. The van der Waals surface area contributed by atoms with Crippen LogP contribution in [0.5, 0.6) is 0 Å². The predicted molar refractivity (Wildman–Crippen MR) is 120 cm³/mol. The van der Waals surface area contributed by atoms with E-state index in [1.807, 2.05) is 17.9 Å². The molecule has 1 aliphatic heterocycles. The number of fused-ring (bicyclic) bond motifs is 1. The fourth-order valence-corrected chi connectivity index (χ4v) is 4.46. The average molecular weight is 452 g/mol. The van der Waals surface area contributed by atoms with Gasteiger partial charge in [-0.3, -0.25) is 0 Å².